The standard InChI is InChI=1S/C17H19N3O/c1-12-13(2)19-16-6-5-14(11-15(12)16)17(21)18-7-10-20-8-3-4-9-20/h3-6,8-9,11,19H,7,10H2,1-2H3,(H,18,21). The predicted molar refractivity (Wildman–Crippen MR) is 84.5 cm³/mol. The molecule has 1 amide bonds. The number of nitrogens with one attached hydrogen (secondary N) is 2. The summed E-state index contributed by atoms with van der Waals surface area (Å²) >= 11 is 0. The van der Waals surface area contributed by atoms with E-state index >= 15 is 0 Å². The molecule has 2 aromatic heterocycles. The maximum atomic E-state index is 12.2. The van der Waals surface area contributed by atoms with Crippen molar-refractivity contribution in [2.24, 2.45) is 0 Å². The zero-order valence-electron chi connectivity index (χ0n) is 12.3. The normalized spacial score (nSPS) is 11.0. The largest absolute Gasteiger partial charge is 0.358 e. The zero-order chi connectivity index (χ0) is 14.8. The highest BCUT2D eigenvalue weighted by molar-refractivity contribution is 5.99. The minimum Gasteiger partial charge on any atom is -0.358 e. The molecule has 3 rings (SSSR count). The highest BCUT2D eigenvalue weighted by atomic mass is 16.1. The lowest BCUT2D eigenvalue weighted by atomic mass is 10.1. The molecule has 0 aliphatic carbocycles. The van der Waals surface area contributed by atoms with Gasteiger partial charge in [0.2, 0.25) is 0 Å². The fourth-order valence-corrected chi connectivity index (χ4v) is 2.52. The molecule has 4 heteroatoms. The smallest absolute Gasteiger partial charge is 0.251 e. The first-order valence-corrected chi connectivity index (χ1v) is 7.13. The van der Waals surface area contributed by atoms with Gasteiger partial charge in [0.25, 0.3) is 5.91 Å². The second-order valence-electron chi connectivity index (χ2n) is 5.31. The van der Waals surface area contributed by atoms with Crippen molar-refractivity contribution < 1.29 is 4.79 Å². The molecule has 4 nitrogen and oxygen atoms in total. The van der Waals surface area contributed by atoms with Gasteiger partial charge in [-0.2, -0.15) is 0 Å². The Hall–Kier alpha value is -2.49. The van der Waals surface area contributed by atoms with Crippen molar-refractivity contribution in [2.75, 3.05) is 6.54 Å². The molecule has 0 radical (unpaired) electrons. The molecular formula is C17H19N3O. The first-order chi connectivity index (χ1) is 10.1. The van der Waals surface area contributed by atoms with E-state index in [1.54, 1.807) is 0 Å². The van der Waals surface area contributed by atoms with Crippen molar-refractivity contribution in [3.63, 3.8) is 0 Å². The van der Waals surface area contributed by atoms with Crippen LogP contribution in [0.3, 0.4) is 0 Å². The van der Waals surface area contributed by atoms with Crippen molar-refractivity contribution in [3.05, 3.63) is 59.5 Å². The van der Waals surface area contributed by atoms with Crippen molar-refractivity contribution in [3.8, 4) is 0 Å². The number of fused-ring (bicyclic) bond motifs is 1. The molecule has 0 spiro atoms. The molecule has 21 heavy (non-hydrogen) atoms. The van der Waals surface area contributed by atoms with Gasteiger partial charge < -0.3 is 14.9 Å². The Morgan fingerprint density at radius 1 is 1.24 bits per heavy atom. The monoisotopic (exact) mass is 281 g/mol. The molecular weight excluding hydrogens is 262 g/mol. The average molecular weight is 281 g/mol. The minimum atomic E-state index is -0.0256. The van der Waals surface area contributed by atoms with Gasteiger partial charge in [-0.1, -0.05) is 0 Å². The zero-order valence-corrected chi connectivity index (χ0v) is 12.3. The van der Waals surface area contributed by atoms with E-state index in [0.717, 1.165) is 23.1 Å². The minimum absolute atomic E-state index is 0.0256. The third-order valence-electron chi connectivity index (χ3n) is 3.89. The van der Waals surface area contributed by atoms with Crippen LogP contribution in [0.25, 0.3) is 10.9 Å². The average Bonchev–Trinajstić information content (AvgIpc) is 3.08. The summed E-state index contributed by atoms with van der Waals surface area (Å²) in [5.74, 6) is -0.0256. The summed E-state index contributed by atoms with van der Waals surface area (Å²) in [6.45, 7) is 5.52. The summed E-state index contributed by atoms with van der Waals surface area (Å²) in [4.78, 5) is 15.5. The van der Waals surface area contributed by atoms with Crippen LogP contribution in [0, 0.1) is 13.8 Å². The van der Waals surface area contributed by atoms with Crippen molar-refractivity contribution in [1.82, 2.24) is 14.9 Å². The van der Waals surface area contributed by atoms with Crippen LogP contribution in [-0.4, -0.2) is 22.0 Å². The summed E-state index contributed by atoms with van der Waals surface area (Å²) in [6.07, 6.45) is 3.98. The van der Waals surface area contributed by atoms with Crippen LogP contribution in [0.1, 0.15) is 21.6 Å². The van der Waals surface area contributed by atoms with Crippen molar-refractivity contribution in [1.29, 1.82) is 0 Å². The highest BCUT2D eigenvalue weighted by Gasteiger charge is 2.09. The summed E-state index contributed by atoms with van der Waals surface area (Å²) in [5.41, 5.74) is 4.13. The van der Waals surface area contributed by atoms with Gasteiger partial charge in [0.15, 0.2) is 0 Å². The Morgan fingerprint density at radius 2 is 2.00 bits per heavy atom. The number of benzene rings is 1. The van der Waals surface area contributed by atoms with E-state index in [1.165, 1.54) is 5.56 Å². The van der Waals surface area contributed by atoms with Gasteiger partial charge in [-0.15, -0.1) is 0 Å². The number of H-pyrrole nitrogens is 1. The third-order valence-corrected chi connectivity index (χ3v) is 3.89. The molecule has 2 N–H and O–H groups in total. The SMILES string of the molecule is Cc1[nH]c2ccc(C(=O)NCCn3cccc3)cc2c1C. The number of aryl methyl sites for hydroxylation is 2. The fourth-order valence-electron chi connectivity index (χ4n) is 2.52. The van der Waals surface area contributed by atoms with Gasteiger partial charge in [-0.05, 0) is 49.7 Å². The highest BCUT2D eigenvalue weighted by Crippen LogP contribution is 2.22. The summed E-state index contributed by atoms with van der Waals surface area (Å²) in [5, 5.41) is 4.07. The molecule has 108 valence electrons. The molecule has 0 saturated carbocycles. The number of nitrogens with zero attached hydrogens (tertiary/aromatic N) is 1. The summed E-state index contributed by atoms with van der Waals surface area (Å²) in [7, 11) is 0. The molecule has 0 fully saturated rings. The lowest BCUT2D eigenvalue weighted by Gasteiger charge is -2.06. The van der Waals surface area contributed by atoms with Crippen LogP contribution in [0.5, 0.6) is 0 Å². The van der Waals surface area contributed by atoms with E-state index in [1.807, 2.05) is 54.2 Å². The number of hydrogen-bond acceptors (Lipinski definition) is 1. The number of carbonyl (C=O) groups is 1. The number of amides is 1. The first kappa shape index (κ1) is 13.5. The van der Waals surface area contributed by atoms with Crippen molar-refractivity contribution >= 4 is 16.8 Å². The number of rotatable bonds is 4. The first-order valence-electron chi connectivity index (χ1n) is 7.13. The van der Waals surface area contributed by atoms with Crippen molar-refractivity contribution in [2.45, 2.75) is 20.4 Å². The molecule has 0 aliphatic rings. The van der Waals surface area contributed by atoms with Gasteiger partial charge in [-0.3, -0.25) is 4.79 Å². The van der Waals surface area contributed by atoms with E-state index in [0.29, 0.717) is 12.1 Å². The molecule has 0 bridgehead atoms. The third kappa shape index (κ3) is 2.70. The molecule has 2 heterocycles. The van der Waals surface area contributed by atoms with Gasteiger partial charge in [-0.25, -0.2) is 0 Å². The van der Waals surface area contributed by atoms with E-state index in [2.05, 4.69) is 17.2 Å². The van der Waals surface area contributed by atoms with Crippen LogP contribution in [-0.2, 0) is 6.54 Å². The Bertz CT molecular complexity index is 769. The van der Waals surface area contributed by atoms with Gasteiger partial charge >= 0.3 is 0 Å². The second-order valence-corrected chi connectivity index (χ2v) is 5.31. The van der Waals surface area contributed by atoms with Crippen LogP contribution in [0.2, 0.25) is 0 Å². The molecule has 0 saturated heterocycles. The van der Waals surface area contributed by atoms with Crippen LogP contribution in [0.4, 0.5) is 0 Å². The van der Waals surface area contributed by atoms with E-state index in [9.17, 15) is 4.79 Å². The lowest BCUT2D eigenvalue weighted by molar-refractivity contribution is 0.0952. The van der Waals surface area contributed by atoms with Gasteiger partial charge in [0.05, 0.1) is 0 Å². The Morgan fingerprint density at radius 3 is 2.76 bits per heavy atom. The lowest BCUT2D eigenvalue weighted by Crippen LogP contribution is -2.26. The second kappa shape index (κ2) is 5.48. The number of hydrogen-bond donors (Lipinski definition) is 2. The Balaban J connectivity index is 1.70. The molecule has 1 aromatic carbocycles. The number of aromatic amines is 1. The number of carbonyl (C=O) groups excluding carboxylic acids is 1. The molecule has 0 unspecified atom stereocenters. The quantitative estimate of drug-likeness (QED) is 0.759. The van der Waals surface area contributed by atoms with E-state index in [-0.39, 0.29) is 5.91 Å². The molecule has 0 aliphatic heterocycles. The molecule has 3 aromatic rings. The summed E-state index contributed by atoms with van der Waals surface area (Å²) < 4.78 is 2.04. The predicted octanol–water partition coefficient (Wildman–Crippen LogP) is 3.02. The Labute approximate surface area is 123 Å². The fraction of sp³-hybridized carbons (Fsp3) is 0.235. The molecule has 0 atom stereocenters. The Kier molecular flexibility index (Phi) is 3.52. The maximum Gasteiger partial charge on any atom is 0.251 e. The topological polar surface area (TPSA) is 49.8 Å². The van der Waals surface area contributed by atoms with E-state index in [4.69, 9.17) is 0 Å². The van der Waals surface area contributed by atoms with Gasteiger partial charge in [0.1, 0.15) is 0 Å². The summed E-state index contributed by atoms with van der Waals surface area (Å²) in [6, 6.07) is 9.75. The van der Waals surface area contributed by atoms with Crippen LogP contribution >= 0.6 is 0 Å². The van der Waals surface area contributed by atoms with Gasteiger partial charge in [0, 0.05) is 47.6 Å². The van der Waals surface area contributed by atoms with Crippen LogP contribution < -0.4 is 5.32 Å². The maximum absolute atomic E-state index is 12.2. The van der Waals surface area contributed by atoms with Crippen LogP contribution in [0.15, 0.2) is 42.7 Å². The van der Waals surface area contributed by atoms with E-state index < -0.39 is 0 Å². The number of aromatic nitrogens is 2.